The number of hydrogen-bond donors (Lipinski definition) is 1. The quantitative estimate of drug-likeness (QED) is 0.810. The molecule has 2 bridgehead atoms. The van der Waals surface area contributed by atoms with Crippen molar-refractivity contribution in [1.82, 2.24) is 9.80 Å². The van der Waals surface area contributed by atoms with Crippen molar-refractivity contribution in [3.8, 4) is 0 Å². The molecule has 2 N–H and O–H groups in total. The Bertz CT molecular complexity index is 306. The van der Waals surface area contributed by atoms with Crippen LogP contribution in [0.4, 0.5) is 0 Å². The van der Waals surface area contributed by atoms with Crippen LogP contribution in [0.3, 0.4) is 0 Å². The highest BCUT2D eigenvalue weighted by molar-refractivity contribution is 4.97. The molecule has 4 atom stereocenters. The Morgan fingerprint density at radius 1 is 1.17 bits per heavy atom. The molecule has 0 amide bonds. The molecule has 0 aromatic carbocycles. The lowest BCUT2D eigenvalue weighted by atomic mass is 9.84. The Morgan fingerprint density at radius 3 is 2.67 bits per heavy atom. The summed E-state index contributed by atoms with van der Waals surface area (Å²) in [6.07, 6.45) is 8.08. The number of likely N-dealkylation sites (tertiary alicyclic amines) is 1. The van der Waals surface area contributed by atoms with E-state index in [1.165, 1.54) is 58.2 Å². The van der Waals surface area contributed by atoms with Gasteiger partial charge in [-0.15, -0.1) is 0 Å². The van der Waals surface area contributed by atoms with Gasteiger partial charge in [0, 0.05) is 31.2 Å². The van der Waals surface area contributed by atoms with E-state index in [2.05, 4.69) is 23.8 Å². The van der Waals surface area contributed by atoms with Gasteiger partial charge < -0.3 is 10.6 Å². The van der Waals surface area contributed by atoms with Crippen molar-refractivity contribution in [2.45, 2.75) is 63.6 Å². The minimum Gasteiger partial charge on any atom is -0.327 e. The lowest BCUT2D eigenvalue weighted by molar-refractivity contribution is 0.140. The van der Waals surface area contributed by atoms with Gasteiger partial charge in [-0.2, -0.15) is 0 Å². The topological polar surface area (TPSA) is 32.5 Å². The highest BCUT2D eigenvalue weighted by Gasteiger charge is 2.40. The monoisotopic (exact) mass is 251 g/mol. The predicted molar refractivity (Wildman–Crippen MR) is 75.6 cm³/mol. The lowest BCUT2D eigenvalue weighted by Gasteiger charge is -2.36. The largest absolute Gasteiger partial charge is 0.327 e. The number of likely N-dealkylation sites (N-methyl/N-ethyl adjacent to an activating group) is 1. The van der Waals surface area contributed by atoms with Crippen LogP contribution < -0.4 is 5.73 Å². The summed E-state index contributed by atoms with van der Waals surface area (Å²) in [6, 6.07) is 2.08. The van der Waals surface area contributed by atoms with Gasteiger partial charge in [-0.25, -0.2) is 0 Å². The first-order valence-electron chi connectivity index (χ1n) is 7.78. The maximum absolute atomic E-state index is 6.34. The summed E-state index contributed by atoms with van der Waals surface area (Å²) < 4.78 is 0. The summed E-state index contributed by atoms with van der Waals surface area (Å²) in [5.41, 5.74) is 6.71. The molecular weight excluding hydrogens is 222 g/mol. The second-order valence-electron chi connectivity index (χ2n) is 7.23. The highest BCUT2D eigenvalue weighted by atomic mass is 15.3. The van der Waals surface area contributed by atoms with Crippen LogP contribution in [0.5, 0.6) is 0 Å². The summed E-state index contributed by atoms with van der Waals surface area (Å²) in [6.45, 7) is 6.20. The molecule has 2 aliphatic heterocycles. The molecule has 3 aliphatic rings. The van der Waals surface area contributed by atoms with Gasteiger partial charge in [-0.05, 0) is 51.1 Å². The molecule has 2 heterocycles. The van der Waals surface area contributed by atoms with Crippen LogP contribution in [0.15, 0.2) is 0 Å². The minimum atomic E-state index is 0.377. The molecule has 3 fully saturated rings. The van der Waals surface area contributed by atoms with Crippen LogP contribution in [0.2, 0.25) is 0 Å². The molecule has 0 spiro atoms. The van der Waals surface area contributed by atoms with E-state index in [4.69, 9.17) is 5.73 Å². The SMILES string of the molecule is CN1C2CCC1CN(CC1(C)CCCC1N)CC2. The minimum absolute atomic E-state index is 0.377. The first kappa shape index (κ1) is 12.9. The Kier molecular flexibility index (Phi) is 3.41. The molecule has 3 rings (SSSR count). The summed E-state index contributed by atoms with van der Waals surface area (Å²) in [7, 11) is 2.33. The molecule has 1 aliphatic carbocycles. The van der Waals surface area contributed by atoms with Crippen LogP contribution in [0.25, 0.3) is 0 Å². The van der Waals surface area contributed by atoms with Gasteiger partial charge in [0.05, 0.1) is 0 Å². The lowest BCUT2D eigenvalue weighted by Crippen LogP contribution is -2.46. The fourth-order valence-corrected chi connectivity index (χ4v) is 4.49. The third-order valence-corrected chi connectivity index (χ3v) is 5.98. The maximum atomic E-state index is 6.34. The molecule has 0 aromatic heterocycles. The second-order valence-corrected chi connectivity index (χ2v) is 7.23. The molecular formula is C15H29N3. The molecule has 4 unspecified atom stereocenters. The zero-order valence-corrected chi connectivity index (χ0v) is 12.1. The van der Waals surface area contributed by atoms with E-state index in [9.17, 15) is 0 Å². The smallest absolute Gasteiger partial charge is 0.0223 e. The predicted octanol–water partition coefficient (Wildman–Crippen LogP) is 1.67. The van der Waals surface area contributed by atoms with Crippen molar-refractivity contribution >= 4 is 0 Å². The van der Waals surface area contributed by atoms with Crippen LogP contribution in [0.1, 0.15) is 45.4 Å². The van der Waals surface area contributed by atoms with Crippen molar-refractivity contribution in [2.75, 3.05) is 26.7 Å². The molecule has 0 radical (unpaired) electrons. The van der Waals surface area contributed by atoms with Crippen molar-refractivity contribution < 1.29 is 0 Å². The van der Waals surface area contributed by atoms with Crippen molar-refractivity contribution in [3.63, 3.8) is 0 Å². The molecule has 104 valence electrons. The third kappa shape index (κ3) is 2.21. The molecule has 0 aromatic rings. The Morgan fingerprint density at radius 2 is 1.94 bits per heavy atom. The van der Waals surface area contributed by atoms with E-state index in [0.29, 0.717) is 11.5 Å². The van der Waals surface area contributed by atoms with Gasteiger partial charge >= 0.3 is 0 Å². The van der Waals surface area contributed by atoms with Crippen molar-refractivity contribution in [2.24, 2.45) is 11.1 Å². The van der Waals surface area contributed by atoms with E-state index in [0.717, 1.165) is 12.1 Å². The Hall–Kier alpha value is -0.120. The van der Waals surface area contributed by atoms with E-state index in [1.807, 2.05) is 0 Å². The summed E-state index contributed by atoms with van der Waals surface area (Å²) in [5.74, 6) is 0. The number of nitrogens with zero attached hydrogens (tertiary/aromatic N) is 2. The number of nitrogens with two attached hydrogens (primary N) is 1. The highest BCUT2D eigenvalue weighted by Crippen LogP contribution is 2.38. The van der Waals surface area contributed by atoms with E-state index < -0.39 is 0 Å². The van der Waals surface area contributed by atoms with Crippen LogP contribution in [-0.2, 0) is 0 Å². The third-order valence-electron chi connectivity index (χ3n) is 5.98. The van der Waals surface area contributed by atoms with E-state index in [1.54, 1.807) is 0 Å². The number of hydrogen-bond acceptors (Lipinski definition) is 3. The van der Waals surface area contributed by atoms with Crippen LogP contribution >= 0.6 is 0 Å². The second kappa shape index (κ2) is 4.77. The first-order chi connectivity index (χ1) is 8.58. The molecule has 2 saturated heterocycles. The average molecular weight is 251 g/mol. The van der Waals surface area contributed by atoms with Crippen molar-refractivity contribution in [1.29, 1.82) is 0 Å². The van der Waals surface area contributed by atoms with Gasteiger partial charge in [0.2, 0.25) is 0 Å². The molecule has 1 saturated carbocycles. The van der Waals surface area contributed by atoms with Gasteiger partial charge in [0.1, 0.15) is 0 Å². The van der Waals surface area contributed by atoms with E-state index in [-0.39, 0.29) is 0 Å². The van der Waals surface area contributed by atoms with Gasteiger partial charge in [0.25, 0.3) is 0 Å². The first-order valence-corrected chi connectivity index (χ1v) is 7.78. The molecule has 3 heteroatoms. The van der Waals surface area contributed by atoms with Gasteiger partial charge in [0.15, 0.2) is 0 Å². The average Bonchev–Trinajstić information content (AvgIpc) is 2.75. The van der Waals surface area contributed by atoms with Gasteiger partial charge in [-0.3, -0.25) is 4.90 Å². The molecule has 3 nitrogen and oxygen atoms in total. The van der Waals surface area contributed by atoms with E-state index >= 15 is 0 Å². The van der Waals surface area contributed by atoms with Gasteiger partial charge in [-0.1, -0.05) is 13.3 Å². The Balaban J connectivity index is 1.64. The normalized spacial score (nSPS) is 46.5. The molecule has 18 heavy (non-hydrogen) atoms. The summed E-state index contributed by atoms with van der Waals surface area (Å²) in [4.78, 5) is 5.35. The zero-order chi connectivity index (χ0) is 12.8. The van der Waals surface area contributed by atoms with Crippen LogP contribution in [-0.4, -0.2) is 54.6 Å². The standard InChI is InChI=1S/C15H29N3/c1-15(8-3-4-14(15)16)11-18-9-7-12-5-6-13(10-18)17(12)2/h12-14H,3-11,16H2,1-2H3. The van der Waals surface area contributed by atoms with Crippen LogP contribution in [0, 0.1) is 5.41 Å². The summed E-state index contributed by atoms with van der Waals surface area (Å²) >= 11 is 0. The summed E-state index contributed by atoms with van der Waals surface area (Å²) in [5, 5.41) is 0. The fourth-order valence-electron chi connectivity index (χ4n) is 4.49. The zero-order valence-electron chi connectivity index (χ0n) is 12.1. The fraction of sp³-hybridized carbons (Fsp3) is 1.00. The number of rotatable bonds is 2. The number of fused-ring (bicyclic) bond motifs is 2. The maximum Gasteiger partial charge on any atom is 0.0223 e. The van der Waals surface area contributed by atoms with Crippen molar-refractivity contribution in [3.05, 3.63) is 0 Å². The Labute approximate surface area is 112 Å².